The van der Waals surface area contributed by atoms with Crippen LogP contribution in [-0.4, -0.2) is 25.7 Å². The van der Waals surface area contributed by atoms with Crippen LogP contribution in [-0.2, 0) is 9.53 Å². The Hall–Kier alpha value is -1.39. The molecule has 4 nitrogen and oxygen atoms in total. The first-order valence-electron chi connectivity index (χ1n) is 6.70. The van der Waals surface area contributed by atoms with Crippen LogP contribution in [0.1, 0.15) is 38.2 Å². The maximum absolute atomic E-state index is 12.0. The average Bonchev–Trinajstić information content (AvgIpc) is 2.39. The van der Waals surface area contributed by atoms with Gasteiger partial charge < -0.3 is 15.8 Å². The highest BCUT2D eigenvalue weighted by Gasteiger charge is 2.15. The van der Waals surface area contributed by atoms with E-state index in [2.05, 4.69) is 19.2 Å². The molecule has 0 heterocycles. The molecule has 1 amide bonds. The first-order valence-corrected chi connectivity index (χ1v) is 6.70. The molecule has 0 aromatic heterocycles. The maximum atomic E-state index is 12.0. The Balaban J connectivity index is 2.61. The summed E-state index contributed by atoms with van der Waals surface area (Å²) in [6, 6.07) is 7.34. The molecular weight excluding hydrogens is 240 g/mol. The molecule has 0 radical (unpaired) electrons. The SMILES string of the molecule is COCCCC(N)C(=O)Nc1ccccc1C(C)C. The van der Waals surface area contributed by atoms with E-state index in [4.69, 9.17) is 10.5 Å². The molecule has 1 aromatic carbocycles. The van der Waals surface area contributed by atoms with Gasteiger partial charge in [-0.05, 0) is 30.4 Å². The maximum Gasteiger partial charge on any atom is 0.241 e. The van der Waals surface area contributed by atoms with Crippen molar-refractivity contribution in [1.29, 1.82) is 0 Å². The highest BCUT2D eigenvalue weighted by Crippen LogP contribution is 2.23. The molecule has 19 heavy (non-hydrogen) atoms. The number of para-hydroxylation sites is 1. The van der Waals surface area contributed by atoms with Crippen LogP contribution < -0.4 is 11.1 Å². The molecule has 1 rings (SSSR count). The number of carbonyl (C=O) groups is 1. The van der Waals surface area contributed by atoms with Crippen LogP contribution in [0.5, 0.6) is 0 Å². The van der Waals surface area contributed by atoms with Crippen LogP contribution in [0, 0.1) is 0 Å². The summed E-state index contributed by atoms with van der Waals surface area (Å²) < 4.78 is 4.95. The van der Waals surface area contributed by atoms with E-state index in [0.717, 1.165) is 17.7 Å². The van der Waals surface area contributed by atoms with E-state index in [1.54, 1.807) is 7.11 Å². The van der Waals surface area contributed by atoms with Gasteiger partial charge in [-0.15, -0.1) is 0 Å². The summed E-state index contributed by atoms with van der Waals surface area (Å²) in [5.74, 6) is 0.227. The Bertz CT molecular complexity index is 405. The summed E-state index contributed by atoms with van der Waals surface area (Å²) >= 11 is 0. The topological polar surface area (TPSA) is 64.3 Å². The van der Waals surface area contributed by atoms with Crippen molar-refractivity contribution in [2.45, 2.75) is 38.6 Å². The second-order valence-corrected chi connectivity index (χ2v) is 4.97. The molecule has 0 aliphatic heterocycles. The number of hydrogen-bond donors (Lipinski definition) is 2. The zero-order valence-corrected chi connectivity index (χ0v) is 12.0. The van der Waals surface area contributed by atoms with E-state index < -0.39 is 6.04 Å². The first kappa shape index (κ1) is 15.7. The van der Waals surface area contributed by atoms with E-state index in [0.29, 0.717) is 18.9 Å². The lowest BCUT2D eigenvalue weighted by molar-refractivity contribution is -0.117. The van der Waals surface area contributed by atoms with Gasteiger partial charge in [-0.25, -0.2) is 0 Å². The first-order chi connectivity index (χ1) is 9.06. The van der Waals surface area contributed by atoms with Crippen molar-refractivity contribution in [3.8, 4) is 0 Å². The number of amides is 1. The van der Waals surface area contributed by atoms with Gasteiger partial charge in [-0.1, -0.05) is 32.0 Å². The number of ether oxygens (including phenoxy) is 1. The van der Waals surface area contributed by atoms with Crippen LogP contribution in [0.2, 0.25) is 0 Å². The van der Waals surface area contributed by atoms with Crippen LogP contribution in [0.3, 0.4) is 0 Å². The fraction of sp³-hybridized carbons (Fsp3) is 0.533. The number of nitrogens with one attached hydrogen (secondary N) is 1. The van der Waals surface area contributed by atoms with E-state index in [1.807, 2.05) is 24.3 Å². The molecule has 0 spiro atoms. The monoisotopic (exact) mass is 264 g/mol. The predicted octanol–water partition coefficient (Wildman–Crippen LogP) is 2.50. The third kappa shape index (κ3) is 5.01. The predicted molar refractivity (Wildman–Crippen MR) is 78.2 cm³/mol. The minimum Gasteiger partial charge on any atom is -0.385 e. The fourth-order valence-electron chi connectivity index (χ4n) is 1.92. The van der Waals surface area contributed by atoms with Gasteiger partial charge in [0.25, 0.3) is 0 Å². The van der Waals surface area contributed by atoms with Crippen LogP contribution in [0.4, 0.5) is 5.69 Å². The van der Waals surface area contributed by atoms with E-state index in [1.165, 1.54) is 0 Å². The van der Waals surface area contributed by atoms with Gasteiger partial charge >= 0.3 is 0 Å². The molecule has 3 N–H and O–H groups in total. The molecule has 1 atom stereocenters. The van der Waals surface area contributed by atoms with Gasteiger partial charge in [0.15, 0.2) is 0 Å². The smallest absolute Gasteiger partial charge is 0.241 e. The second-order valence-electron chi connectivity index (χ2n) is 4.97. The Morgan fingerprint density at radius 1 is 1.37 bits per heavy atom. The lowest BCUT2D eigenvalue weighted by Crippen LogP contribution is -2.36. The van der Waals surface area contributed by atoms with Crippen LogP contribution >= 0.6 is 0 Å². The van der Waals surface area contributed by atoms with Crippen molar-refractivity contribution < 1.29 is 9.53 Å². The third-order valence-corrected chi connectivity index (χ3v) is 3.04. The van der Waals surface area contributed by atoms with Crippen LogP contribution in [0.25, 0.3) is 0 Å². The third-order valence-electron chi connectivity index (χ3n) is 3.04. The Kier molecular flexibility index (Phi) is 6.53. The number of methoxy groups -OCH3 is 1. The van der Waals surface area contributed by atoms with Gasteiger partial charge in [0.05, 0.1) is 6.04 Å². The summed E-state index contributed by atoms with van der Waals surface area (Å²) in [5, 5.41) is 2.91. The van der Waals surface area contributed by atoms with Crippen LogP contribution in [0.15, 0.2) is 24.3 Å². The normalized spacial score (nSPS) is 12.5. The molecule has 0 aliphatic carbocycles. The Morgan fingerprint density at radius 2 is 2.05 bits per heavy atom. The molecule has 1 aromatic rings. The van der Waals surface area contributed by atoms with Gasteiger partial charge in [-0.3, -0.25) is 4.79 Å². The minimum atomic E-state index is -0.490. The fourth-order valence-corrected chi connectivity index (χ4v) is 1.92. The number of nitrogens with two attached hydrogens (primary N) is 1. The second kappa shape index (κ2) is 7.92. The molecule has 0 aliphatic rings. The summed E-state index contributed by atoms with van der Waals surface area (Å²) in [5.41, 5.74) is 7.84. The zero-order chi connectivity index (χ0) is 14.3. The molecule has 0 bridgehead atoms. The zero-order valence-electron chi connectivity index (χ0n) is 12.0. The molecule has 106 valence electrons. The van der Waals surface area contributed by atoms with E-state index in [-0.39, 0.29) is 5.91 Å². The number of hydrogen-bond acceptors (Lipinski definition) is 3. The largest absolute Gasteiger partial charge is 0.385 e. The van der Waals surface area contributed by atoms with Gasteiger partial charge in [0.1, 0.15) is 0 Å². The number of carbonyl (C=O) groups excluding carboxylic acids is 1. The van der Waals surface area contributed by atoms with E-state index >= 15 is 0 Å². The van der Waals surface area contributed by atoms with Crippen molar-refractivity contribution in [3.05, 3.63) is 29.8 Å². The Labute approximate surface area is 115 Å². The molecule has 1 unspecified atom stereocenters. The van der Waals surface area contributed by atoms with E-state index in [9.17, 15) is 4.79 Å². The Morgan fingerprint density at radius 3 is 2.68 bits per heavy atom. The minimum absolute atomic E-state index is 0.135. The lowest BCUT2D eigenvalue weighted by Gasteiger charge is -2.16. The summed E-state index contributed by atoms with van der Waals surface area (Å²) in [4.78, 5) is 12.0. The van der Waals surface area contributed by atoms with Gasteiger partial charge in [0, 0.05) is 19.4 Å². The highest BCUT2D eigenvalue weighted by molar-refractivity contribution is 5.95. The summed E-state index contributed by atoms with van der Waals surface area (Å²) in [6.45, 7) is 4.83. The number of rotatable bonds is 7. The molecule has 0 saturated carbocycles. The van der Waals surface area contributed by atoms with Gasteiger partial charge in [0.2, 0.25) is 5.91 Å². The highest BCUT2D eigenvalue weighted by atomic mass is 16.5. The number of benzene rings is 1. The van der Waals surface area contributed by atoms with Crippen molar-refractivity contribution in [1.82, 2.24) is 0 Å². The standard InChI is InChI=1S/C15H24N2O2/c1-11(2)12-7-4-5-9-14(12)17-15(18)13(16)8-6-10-19-3/h4-5,7,9,11,13H,6,8,10,16H2,1-3H3,(H,17,18). The lowest BCUT2D eigenvalue weighted by atomic mass is 10.0. The van der Waals surface area contributed by atoms with Gasteiger partial charge in [-0.2, -0.15) is 0 Å². The molecule has 0 fully saturated rings. The van der Waals surface area contributed by atoms with Crippen molar-refractivity contribution in [2.75, 3.05) is 19.0 Å². The quantitative estimate of drug-likeness (QED) is 0.744. The van der Waals surface area contributed by atoms with Crippen molar-refractivity contribution >= 4 is 11.6 Å². The van der Waals surface area contributed by atoms with Crippen molar-refractivity contribution in [3.63, 3.8) is 0 Å². The molecule has 4 heteroatoms. The average molecular weight is 264 g/mol. The molecular formula is C15H24N2O2. The summed E-state index contributed by atoms with van der Waals surface area (Å²) in [6.07, 6.45) is 1.42. The molecule has 0 saturated heterocycles. The van der Waals surface area contributed by atoms with Crippen molar-refractivity contribution in [2.24, 2.45) is 5.73 Å². The summed E-state index contributed by atoms with van der Waals surface area (Å²) in [7, 11) is 1.64. The number of anilines is 1.